The summed E-state index contributed by atoms with van der Waals surface area (Å²) in [6.45, 7) is 4.12. The highest BCUT2D eigenvalue weighted by Crippen LogP contribution is 2.16. The lowest BCUT2D eigenvalue weighted by molar-refractivity contribution is -0.121. The molecule has 0 saturated heterocycles. The summed E-state index contributed by atoms with van der Waals surface area (Å²) in [5, 5.41) is 6.79. The van der Waals surface area contributed by atoms with Gasteiger partial charge in [-0.15, -0.1) is 0 Å². The summed E-state index contributed by atoms with van der Waals surface area (Å²) in [7, 11) is 0. The maximum Gasteiger partial charge on any atom is 0.238 e. The highest BCUT2D eigenvalue weighted by Gasteiger charge is 2.13. The summed E-state index contributed by atoms with van der Waals surface area (Å²) in [5.74, 6) is 1.42. The van der Waals surface area contributed by atoms with Gasteiger partial charge in [-0.3, -0.25) is 4.79 Å². The van der Waals surface area contributed by atoms with E-state index in [1.165, 1.54) is 0 Å². The lowest BCUT2D eigenvalue weighted by atomic mass is 10.1. The van der Waals surface area contributed by atoms with Crippen LogP contribution < -0.4 is 5.32 Å². The molecule has 2 aromatic heterocycles. The number of rotatable bonds is 7. The molecule has 0 saturated carbocycles. The number of nitrogens with zero attached hydrogens (tertiary/aromatic N) is 2. The SMILES string of the molecule is CCC(CC)NC(=O)CCc1nc(-c2ccco2)no1. The zero-order valence-corrected chi connectivity index (χ0v) is 11.8. The fourth-order valence-corrected chi connectivity index (χ4v) is 1.88. The second kappa shape index (κ2) is 6.88. The predicted octanol–water partition coefficient (Wildman–Crippen LogP) is 2.57. The van der Waals surface area contributed by atoms with E-state index in [2.05, 4.69) is 29.3 Å². The van der Waals surface area contributed by atoms with Gasteiger partial charge in [-0.2, -0.15) is 4.98 Å². The van der Waals surface area contributed by atoms with Gasteiger partial charge in [-0.05, 0) is 25.0 Å². The molecule has 0 aliphatic rings. The van der Waals surface area contributed by atoms with Crippen LogP contribution in [0, 0.1) is 0 Å². The Morgan fingerprint density at radius 2 is 2.20 bits per heavy atom. The second-order valence-corrected chi connectivity index (χ2v) is 4.57. The van der Waals surface area contributed by atoms with Gasteiger partial charge in [-0.1, -0.05) is 19.0 Å². The molecule has 0 aromatic carbocycles. The highest BCUT2D eigenvalue weighted by molar-refractivity contribution is 5.76. The van der Waals surface area contributed by atoms with Gasteiger partial charge in [-0.25, -0.2) is 0 Å². The first-order valence-corrected chi connectivity index (χ1v) is 6.88. The lowest BCUT2D eigenvalue weighted by Crippen LogP contribution is -2.33. The van der Waals surface area contributed by atoms with E-state index >= 15 is 0 Å². The van der Waals surface area contributed by atoms with Crippen LogP contribution in [-0.2, 0) is 11.2 Å². The third-order valence-electron chi connectivity index (χ3n) is 3.13. The summed E-state index contributed by atoms with van der Waals surface area (Å²) >= 11 is 0. The fourth-order valence-electron chi connectivity index (χ4n) is 1.88. The van der Waals surface area contributed by atoms with E-state index in [1.54, 1.807) is 18.4 Å². The summed E-state index contributed by atoms with van der Waals surface area (Å²) in [6, 6.07) is 3.76. The molecule has 0 aliphatic heterocycles. The maximum atomic E-state index is 11.8. The summed E-state index contributed by atoms with van der Waals surface area (Å²) in [5.41, 5.74) is 0. The van der Waals surface area contributed by atoms with Crippen molar-refractivity contribution in [1.29, 1.82) is 0 Å². The van der Waals surface area contributed by atoms with Crippen LogP contribution in [0.2, 0.25) is 0 Å². The Morgan fingerprint density at radius 1 is 1.40 bits per heavy atom. The Labute approximate surface area is 117 Å². The van der Waals surface area contributed by atoms with Crippen molar-refractivity contribution in [3.8, 4) is 11.6 Å². The molecule has 2 heterocycles. The van der Waals surface area contributed by atoms with Gasteiger partial charge in [0.1, 0.15) is 0 Å². The number of hydrogen-bond acceptors (Lipinski definition) is 5. The minimum Gasteiger partial charge on any atom is -0.461 e. The number of carbonyl (C=O) groups excluding carboxylic acids is 1. The first-order valence-electron chi connectivity index (χ1n) is 6.88. The van der Waals surface area contributed by atoms with Gasteiger partial charge in [0.2, 0.25) is 17.6 Å². The van der Waals surface area contributed by atoms with Crippen molar-refractivity contribution in [3.63, 3.8) is 0 Å². The summed E-state index contributed by atoms with van der Waals surface area (Å²) < 4.78 is 10.3. The van der Waals surface area contributed by atoms with Crippen LogP contribution >= 0.6 is 0 Å². The number of hydrogen-bond donors (Lipinski definition) is 1. The van der Waals surface area contributed by atoms with Gasteiger partial charge in [0.25, 0.3) is 0 Å². The molecule has 1 N–H and O–H groups in total. The quantitative estimate of drug-likeness (QED) is 0.841. The van der Waals surface area contributed by atoms with Crippen LogP contribution in [-0.4, -0.2) is 22.1 Å². The van der Waals surface area contributed by atoms with Gasteiger partial charge >= 0.3 is 0 Å². The van der Waals surface area contributed by atoms with Crippen LogP contribution in [0.3, 0.4) is 0 Å². The molecule has 0 spiro atoms. The molecule has 0 atom stereocenters. The van der Waals surface area contributed by atoms with Crippen LogP contribution in [0.25, 0.3) is 11.6 Å². The van der Waals surface area contributed by atoms with Crippen LogP contribution in [0.5, 0.6) is 0 Å². The minimum absolute atomic E-state index is 0.0106. The van der Waals surface area contributed by atoms with E-state index in [0.717, 1.165) is 12.8 Å². The third kappa shape index (κ3) is 3.69. The smallest absolute Gasteiger partial charge is 0.238 e. The van der Waals surface area contributed by atoms with Gasteiger partial charge in [0.05, 0.1) is 6.26 Å². The third-order valence-corrected chi connectivity index (χ3v) is 3.13. The number of aryl methyl sites for hydroxylation is 1. The number of carbonyl (C=O) groups is 1. The number of nitrogens with one attached hydrogen (secondary N) is 1. The van der Waals surface area contributed by atoms with Crippen molar-refractivity contribution < 1.29 is 13.7 Å². The molecule has 0 fully saturated rings. The maximum absolute atomic E-state index is 11.8. The predicted molar refractivity (Wildman–Crippen MR) is 72.8 cm³/mol. The molecule has 0 unspecified atom stereocenters. The molecule has 108 valence electrons. The van der Waals surface area contributed by atoms with E-state index in [-0.39, 0.29) is 11.9 Å². The Kier molecular flexibility index (Phi) is 4.92. The van der Waals surface area contributed by atoms with Crippen LogP contribution in [0.15, 0.2) is 27.3 Å². The average Bonchev–Trinajstić information content (AvgIpc) is 3.12. The molecule has 2 rings (SSSR count). The molecule has 0 radical (unpaired) electrons. The standard InChI is InChI=1S/C14H19N3O3/c1-3-10(4-2)15-12(18)7-8-13-16-14(17-20-13)11-6-5-9-19-11/h5-6,9-10H,3-4,7-8H2,1-2H3,(H,15,18). The van der Waals surface area contributed by atoms with Gasteiger partial charge in [0, 0.05) is 18.9 Å². The number of furan rings is 1. The van der Waals surface area contributed by atoms with Crippen LogP contribution in [0.4, 0.5) is 0 Å². The highest BCUT2D eigenvalue weighted by atomic mass is 16.5. The van der Waals surface area contributed by atoms with Crippen LogP contribution in [0.1, 0.15) is 39.0 Å². The summed E-state index contributed by atoms with van der Waals surface area (Å²) in [6.07, 6.45) is 4.20. The molecule has 20 heavy (non-hydrogen) atoms. The molecule has 1 amide bonds. The summed E-state index contributed by atoms with van der Waals surface area (Å²) in [4.78, 5) is 16.0. The van der Waals surface area contributed by atoms with Crippen molar-refractivity contribution in [3.05, 3.63) is 24.3 Å². The fraction of sp³-hybridized carbons (Fsp3) is 0.500. The zero-order valence-electron chi connectivity index (χ0n) is 11.8. The Bertz CT molecular complexity index is 530. The molecule has 6 heteroatoms. The van der Waals surface area contributed by atoms with E-state index in [4.69, 9.17) is 8.94 Å². The molecule has 6 nitrogen and oxygen atoms in total. The van der Waals surface area contributed by atoms with Crippen molar-refractivity contribution in [2.75, 3.05) is 0 Å². The van der Waals surface area contributed by atoms with Crippen molar-refractivity contribution in [1.82, 2.24) is 15.5 Å². The Balaban J connectivity index is 1.84. The Hall–Kier alpha value is -2.11. The number of aromatic nitrogens is 2. The van der Waals surface area contributed by atoms with Gasteiger partial charge in [0.15, 0.2) is 5.76 Å². The van der Waals surface area contributed by atoms with Crippen molar-refractivity contribution in [2.45, 2.75) is 45.6 Å². The van der Waals surface area contributed by atoms with E-state index in [9.17, 15) is 4.79 Å². The largest absolute Gasteiger partial charge is 0.461 e. The molecular weight excluding hydrogens is 258 g/mol. The zero-order chi connectivity index (χ0) is 14.4. The van der Waals surface area contributed by atoms with Gasteiger partial charge < -0.3 is 14.3 Å². The monoisotopic (exact) mass is 277 g/mol. The normalized spacial score (nSPS) is 10.9. The lowest BCUT2D eigenvalue weighted by Gasteiger charge is -2.13. The van der Waals surface area contributed by atoms with E-state index in [0.29, 0.717) is 30.3 Å². The second-order valence-electron chi connectivity index (χ2n) is 4.57. The minimum atomic E-state index is 0.0106. The Morgan fingerprint density at radius 3 is 2.85 bits per heavy atom. The molecule has 0 aliphatic carbocycles. The van der Waals surface area contributed by atoms with E-state index in [1.807, 2.05) is 0 Å². The molecular formula is C14H19N3O3. The number of amides is 1. The molecule has 0 bridgehead atoms. The first-order chi connectivity index (χ1) is 9.72. The van der Waals surface area contributed by atoms with E-state index < -0.39 is 0 Å². The molecule has 2 aromatic rings. The van der Waals surface area contributed by atoms with Crippen molar-refractivity contribution in [2.24, 2.45) is 0 Å². The average molecular weight is 277 g/mol. The van der Waals surface area contributed by atoms with Crippen molar-refractivity contribution >= 4 is 5.91 Å². The topological polar surface area (TPSA) is 81.2 Å². The first kappa shape index (κ1) is 14.3.